The van der Waals surface area contributed by atoms with Gasteiger partial charge in [-0.2, -0.15) is 0 Å². The molecule has 35 heavy (non-hydrogen) atoms. The summed E-state index contributed by atoms with van der Waals surface area (Å²) in [4.78, 5) is 68.4. The van der Waals surface area contributed by atoms with Gasteiger partial charge in [-0.15, -0.1) is 0 Å². The van der Waals surface area contributed by atoms with Gasteiger partial charge in [-0.1, -0.05) is 0 Å². The molecule has 0 aliphatic rings. The molecule has 204 valence electrons. The van der Waals surface area contributed by atoms with Crippen LogP contribution in [0.1, 0.15) is 8.56 Å². The maximum absolute atomic E-state index is 8.56. The van der Waals surface area contributed by atoms with Crippen LogP contribution in [-0.2, 0) is 0 Å². The van der Waals surface area contributed by atoms with E-state index in [2.05, 4.69) is 0 Å². The Labute approximate surface area is 246 Å². The van der Waals surface area contributed by atoms with Crippen LogP contribution in [0.4, 0.5) is 38.4 Å². The zero-order valence-corrected chi connectivity index (χ0v) is 20.8. The minimum absolute atomic E-state index is 0. The summed E-state index contributed by atoms with van der Waals surface area (Å²) < 4.78 is 0. The molecule has 0 rings (SSSR count). The molecule has 0 bridgehead atoms. The molecule has 0 radical (unpaired) electrons. The van der Waals surface area contributed by atoms with Gasteiger partial charge in [-0.05, 0) is 0 Å². The van der Waals surface area contributed by atoms with Gasteiger partial charge in [0.15, 0.2) is 0 Å². The summed E-state index contributed by atoms with van der Waals surface area (Å²) in [6, 6.07) is 0. The fourth-order valence-electron chi connectivity index (χ4n) is 0. The molecule has 0 aromatic rings. The number of rotatable bonds is 0. The van der Waals surface area contributed by atoms with Crippen LogP contribution in [0.3, 0.4) is 0 Å². The SMILES string of the molecule is O=C(O)O.O=C(O)O.O=C(O)O.O=C(O)O.O=C(O)O.O=C(O)O.O=C(O)O.O=C(O)O.[H-].[H-].[H-].[H-].[H-].[H-].[Mg+2].[Mg+2].[Mg+2]. The predicted octanol–water partition coefficient (Wildman–Crippen LogP) is 1.31. The Bertz CT molecular complexity index is 394. The van der Waals surface area contributed by atoms with Crippen LogP contribution in [0.25, 0.3) is 0 Å². The van der Waals surface area contributed by atoms with E-state index < -0.39 is 49.2 Å². The van der Waals surface area contributed by atoms with Gasteiger partial charge in [-0.3, -0.25) is 0 Å². The summed E-state index contributed by atoms with van der Waals surface area (Å²) in [5, 5.41) is 112. The van der Waals surface area contributed by atoms with Gasteiger partial charge in [0.1, 0.15) is 0 Å². The standard InChI is InChI=1S/8CH2O3.3Mg.6H/c8*2-1(3)4;;;;;;;;;/h8*(H2,2,3,4);;;;;;;;;/q;;;;;;;;3*+2;6*-1. The van der Waals surface area contributed by atoms with Crippen LogP contribution in [0.5, 0.6) is 0 Å². The number of hydrogen-bond donors (Lipinski definition) is 16. The molecule has 0 unspecified atom stereocenters. The smallest absolute Gasteiger partial charge is 1.00 e. The second kappa shape index (κ2) is 63.2. The molecule has 0 aliphatic heterocycles. The number of carboxylic acid groups (broad SMARTS) is 16. The van der Waals surface area contributed by atoms with Crippen LogP contribution >= 0.6 is 0 Å². The zero-order valence-electron chi connectivity index (χ0n) is 22.5. The third-order valence-corrected chi connectivity index (χ3v) is 0. The topological polar surface area (TPSA) is 460 Å². The van der Waals surface area contributed by atoms with E-state index in [-0.39, 0.29) is 77.7 Å². The molecule has 0 aromatic carbocycles. The van der Waals surface area contributed by atoms with Crippen molar-refractivity contribution in [2.75, 3.05) is 0 Å². The first-order valence-electron chi connectivity index (χ1n) is 5.21. The third kappa shape index (κ3) is 1970. The van der Waals surface area contributed by atoms with Gasteiger partial charge in [0.05, 0.1) is 0 Å². The van der Waals surface area contributed by atoms with E-state index in [0.717, 1.165) is 0 Å². The van der Waals surface area contributed by atoms with Gasteiger partial charge in [0, 0.05) is 0 Å². The van der Waals surface area contributed by atoms with E-state index in [4.69, 9.17) is 120 Å². The molecular formula is C8H22Mg3O24. The van der Waals surface area contributed by atoms with E-state index in [0.29, 0.717) is 0 Å². The summed E-state index contributed by atoms with van der Waals surface area (Å²) in [7, 11) is 0. The second-order valence-corrected chi connectivity index (χ2v) is 2.26. The summed E-state index contributed by atoms with van der Waals surface area (Å²) in [5.74, 6) is 0. The van der Waals surface area contributed by atoms with Gasteiger partial charge >= 0.3 is 118 Å². The van der Waals surface area contributed by atoms with Crippen molar-refractivity contribution in [2.45, 2.75) is 0 Å². The van der Waals surface area contributed by atoms with E-state index in [1.54, 1.807) is 0 Å². The Hall–Kier alpha value is -3.54. The molecule has 16 N–H and O–H groups in total. The van der Waals surface area contributed by atoms with Crippen molar-refractivity contribution >= 4 is 118 Å². The number of hydrogen-bond acceptors (Lipinski definition) is 8. The Morgan fingerprint density at radius 1 is 0.229 bits per heavy atom. The van der Waals surface area contributed by atoms with E-state index in [9.17, 15) is 0 Å². The van der Waals surface area contributed by atoms with Crippen LogP contribution in [0.15, 0.2) is 0 Å². The van der Waals surface area contributed by atoms with Crippen molar-refractivity contribution in [3.63, 3.8) is 0 Å². The quantitative estimate of drug-likeness (QED) is 0.181. The maximum atomic E-state index is 8.56. The molecule has 0 saturated heterocycles. The largest absolute Gasteiger partial charge is 2.00 e. The summed E-state index contributed by atoms with van der Waals surface area (Å²) in [6.07, 6.45) is -14.7. The molecule has 0 saturated carbocycles. The average Bonchev–Trinajstić information content (AvgIpc) is 2.30. The van der Waals surface area contributed by atoms with Crippen LogP contribution in [0.2, 0.25) is 0 Å². The van der Waals surface area contributed by atoms with Gasteiger partial charge in [-0.25, -0.2) is 38.4 Å². The Morgan fingerprint density at radius 3 is 0.229 bits per heavy atom. The van der Waals surface area contributed by atoms with E-state index in [1.807, 2.05) is 0 Å². The first-order valence-corrected chi connectivity index (χ1v) is 5.21. The van der Waals surface area contributed by atoms with Gasteiger partial charge in [0.25, 0.3) is 0 Å². The fourth-order valence-corrected chi connectivity index (χ4v) is 0. The predicted molar refractivity (Wildman–Crippen MR) is 109 cm³/mol. The summed E-state index contributed by atoms with van der Waals surface area (Å²) in [6.45, 7) is 0. The van der Waals surface area contributed by atoms with Crippen LogP contribution < -0.4 is 0 Å². The molecule has 24 nitrogen and oxygen atoms in total. The van der Waals surface area contributed by atoms with Crippen LogP contribution in [0, 0.1) is 0 Å². The number of carbonyl (C=O) groups is 8. The minimum Gasteiger partial charge on any atom is -1.00 e. The normalized spacial score (nSPS) is 5.49. The van der Waals surface area contributed by atoms with Crippen molar-refractivity contribution < 1.29 is 129 Å². The van der Waals surface area contributed by atoms with Crippen molar-refractivity contribution in [3.8, 4) is 0 Å². The monoisotopic (exact) mass is 574 g/mol. The van der Waals surface area contributed by atoms with E-state index >= 15 is 0 Å². The molecule has 0 fully saturated rings. The average molecular weight is 575 g/mol. The molecule has 0 aliphatic carbocycles. The minimum atomic E-state index is -1.83. The van der Waals surface area contributed by atoms with Gasteiger partial charge in [0.2, 0.25) is 0 Å². The first-order chi connectivity index (χ1) is 13.9. The van der Waals surface area contributed by atoms with Crippen molar-refractivity contribution in [1.29, 1.82) is 0 Å². The van der Waals surface area contributed by atoms with Crippen molar-refractivity contribution in [2.24, 2.45) is 0 Å². The second-order valence-electron chi connectivity index (χ2n) is 2.26. The Morgan fingerprint density at radius 2 is 0.229 bits per heavy atom. The molecular weight excluding hydrogens is 553 g/mol. The van der Waals surface area contributed by atoms with Crippen molar-refractivity contribution in [3.05, 3.63) is 0 Å². The maximum Gasteiger partial charge on any atom is 2.00 e. The molecule has 27 heteroatoms. The third-order valence-electron chi connectivity index (χ3n) is 0. The molecule has 0 heterocycles. The molecule has 0 spiro atoms. The summed E-state index contributed by atoms with van der Waals surface area (Å²) in [5.41, 5.74) is 0. The first kappa shape index (κ1) is 69.7. The Balaban J connectivity index is -0.0000000104. The van der Waals surface area contributed by atoms with E-state index in [1.165, 1.54) is 0 Å². The van der Waals surface area contributed by atoms with Gasteiger partial charge < -0.3 is 90.3 Å². The summed E-state index contributed by atoms with van der Waals surface area (Å²) >= 11 is 0. The zero-order chi connectivity index (χ0) is 28.6. The van der Waals surface area contributed by atoms with Crippen molar-refractivity contribution in [1.82, 2.24) is 0 Å². The van der Waals surface area contributed by atoms with Crippen LogP contribution in [-0.4, -0.2) is 200 Å². The molecule has 0 atom stereocenters. The Kier molecular flexibility index (Phi) is 126. The molecule has 0 amide bonds. The molecule has 0 aromatic heterocycles. The fraction of sp³-hybridized carbons (Fsp3) is 0.